The molecule has 0 fully saturated rings. The average molecular weight is 484 g/mol. The number of nitriles is 1. The van der Waals surface area contributed by atoms with Crippen LogP contribution in [0.5, 0.6) is 0 Å². The third-order valence-corrected chi connectivity index (χ3v) is 8.02. The van der Waals surface area contributed by atoms with Crippen molar-refractivity contribution < 1.29 is 14.3 Å². The number of hydrogen-bond donors (Lipinski definition) is 3. The topological polar surface area (TPSA) is 144 Å². The van der Waals surface area contributed by atoms with Crippen LogP contribution in [0.3, 0.4) is 0 Å². The van der Waals surface area contributed by atoms with Gasteiger partial charge >= 0.3 is 5.97 Å². The van der Waals surface area contributed by atoms with Crippen molar-refractivity contribution in [2.45, 2.75) is 52.4 Å². The molecule has 0 aliphatic heterocycles. The fourth-order valence-electron chi connectivity index (χ4n) is 4.30. The number of carbonyl (C=O) groups is 2. The number of hydrogen-bond acceptors (Lipinski definition) is 9. The highest BCUT2D eigenvalue weighted by Gasteiger charge is 2.29. The van der Waals surface area contributed by atoms with Crippen molar-refractivity contribution in [3.63, 3.8) is 0 Å². The standard InChI is InChI=1S/C23H25N5O3S2/c1-4-31-23(30)15-11-7-5-6-8-13(11)32-21(15)28-20(29)18-17(25)16-14(10(2)3)12(9-24)19(26)27-22(16)33-18/h10H,4-8,25H2,1-3H3,(H2,26,27)(H,28,29). The molecule has 0 saturated carbocycles. The highest BCUT2D eigenvalue weighted by atomic mass is 32.1. The average Bonchev–Trinajstić information content (AvgIpc) is 3.29. The Morgan fingerprint density at radius 1 is 1.24 bits per heavy atom. The van der Waals surface area contributed by atoms with E-state index in [4.69, 9.17) is 16.2 Å². The Bertz CT molecular complexity index is 1320. The van der Waals surface area contributed by atoms with Crippen molar-refractivity contribution in [3.8, 4) is 6.07 Å². The lowest BCUT2D eigenvalue weighted by Crippen LogP contribution is -2.16. The Labute approximate surface area is 199 Å². The number of ether oxygens (including phenoxy) is 1. The molecule has 0 saturated heterocycles. The van der Waals surface area contributed by atoms with Crippen molar-refractivity contribution >= 4 is 61.3 Å². The summed E-state index contributed by atoms with van der Waals surface area (Å²) < 4.78 is 5.27. The number of anilines is 3. The Morgan fingerprint density at radius 3 is 2.64 bits per heavy atom. The number of aryl methyl sites for hydroxylation is 1. The van der Waals surface area contributed by atoms with E-state index in [0.29, 0.717) is 26.3 Å². The molecule has 3 aromatic rings. The number of nitrogen functional groups attached to an aromatic ring is 2. The summed E-state index contributed by atoms with van der Waals surface area (Å²) in [5, 5.41) is 13.6. The molecule has 0 spiro atoms. The third kappa shape index (κ3) is 3.92. The van der Waals surface area contributed by atoms with Crippen LogP contribution in [0.15, 0.2) is 0 Å². The van der Waals surface area contributed by atoms with Gasteiger partial charge in [0.1, 0.15) is 26.6 Å². The van der Waals surface area contributed by atoms with Crippen molar-refractivity contribution in [1.29, 1.82) is 5.26 Å². The lowest BCUT2D eigenvalue weighted by Gasteiger charge is -2.12. The maximum Gasteiger partial charge on any atom is 0.341 e. The molecule has 172 valence electrons. The molecular formula is C23H25N5O3S2. The van der Waals surface area contributed by atoms with Gasteiger partial charge in [-0.2, -0.15) is 5.26 Å². The number of nitrogens with zero attached hydrogens (tertiary/aromatic N) is 2. The fraction of sp³-hybridized carbons (Fsp3) is 0.391. The number of nitrogens with two attached hydrogens (primary N) is 2. The van der Waals surface area contributed by atoms with Gasteiger partial charge in [-0.15, -0.1) is 22.7 Å². The van der Waals surface area contributed by atoms with Crippen LogP contribution in [0.4, 0.5) is 16.5 Å². The van der Waals surface area contributed by atoms with Crippen LogP contribution in [-0.4, -0.2) is 23.5 Å². The first kappa shape index (κ1) is 23.0. The minimum atomic E-state index is -0.425. The first-order valence-electron chi connectivity index (χ1n) is 10.8. The Kier molecular flexibility index (Phi) is 6.28. The molecule has 0 bridgehead atoms. The number of nitrogens with one attached hydrogen (secondary N) is 1. The molecule has 3 aromatic heterocycles. The van der Waals surface area contributed by atoms with Gasteiger partial charge in [0, 0.05) is 10.3 Å². The van der Waals surface area contributed by atoms with E-state index in [-0.39, 0.29) is 34.5 Å². The van der Waals surface area contributed by atoms with E-state index < -0.39 is 11.9 Å². The number of fused-ring (bicyclic) bond motifs is 2. The number of carbonyl (C=O) groups excluding carboxylic acids is 2. The van der Waals surface area contributed by atoms with Gasteiger partial charge in [0.25, 0.3) is 5.91 Å². The Hall–Kier alpha value is -3.16. The minimum absolute atomic E-state index is 0.0419. The quantitative estimate of drug-likeness (QED) is 0.441. The maximum absolute atomic E-state index is 13.3. The van der Waals surface area contributed by atoms with E-state index in [0.717, 1.165) is 47.5 Å². The van der Waals surface area contributed by atoms with E-state index in [9.17, 15) is 14.9 Å². The number of esters is 1. The van der Waals surface area contributed by atoms with Crippen molar-refractivity contribution in [1.82, 2.24) is 4.98 Å². The smallest absolute Gasteiger partial charge is 0.341 e. The molecule has 0 atom stereocenters. The monoisotopic (exact) mass is 483 g/mol. The van der Waals surface area contributed by atoms with Crippen LogP contribution < -0.4 is 16.8 Å². The zero-order valence-corrected chi connectivity index (χ0v) is 20.3. The molecule has 33 heavy (non-hydrogen) atoms. The number of amides is 1. The normalized spacial score (nSPS) is 13.1. The highest BCUT2D eigenvalue weighted by Crippen LogP contribution is 2.42. The van der Waals surface area contributed by atoms with Crippen LogP contribution in [0, 0.1) is 11.3 Å². The van der Waals surface area contributed by atoms with Gasteiger partial charge in [0.2, 0.25) is 0 Å². The predicted molar refractivity (Wildman–Crippen MR) is 132 cm³/mol. The second-order valence-corrected chi connectivity index (χ2v) is 10.3. The lowest BCUT2D eigenvalue weighted by molar-refractivity contribution is 0.0526. The number of pyridine rings is 1. The minimum Gasteiger partial charge on any atom is -0.462 e. The van der Waals surface area contributed by atoms with Gasteiger partial charge in [-0.3, -0.25) is 4.79 Å². The molecule has 5 N–H and O–H groups in total. The largest absolute Gasteiger partial charge is 0.462 e. The molecular weight excluding hydrogens is 458 g/mol. The zero-order valence-electron chi connectivity index (χ0n) is 18.7. The first-order chi connectivity index (χ1) is 15.8. The summed E-state index contributed by atoms with van der Waals surface area (Å²) in [6, 6.07) is 2.11. The molecule has 10 heteroatoms. The molecule has 4 rings (SSSR count). The van der Waals surface area contributed by atoms with Crippen LogP contribution in [-0.2, 0) is 17.6 Å². The molecule has 0 unspecified atom stereocenters. The number of aromatic nitrogens is 1. The van der Waals surface area contributed by atoms with Gasteiger partial charge in [-0.05, 0) is 49.7 Å². The second kappa shape index (κ2) is 9.00. The van der Waals surface area contributed by atoms with Gasteiger partial charge in [-0.1, -0.05) is 13.8 Å². The van der Waals surface area contributed by atoms with Gasteiger partial charge in [0.15, 0.2) is 0 Å². The molecule has 1 amide bonds. The summed E-state index contributed by atoms with van der Waals surface area (Å²) in [7, 11) is 0. The first-order valence-corrected chi connectivity index (χ1v) is 12.5. The van der Waals surface area contributed by atoms with Crippen LogP contribution >= 0.6 is 22.7 Å². The van der Waals surface area contributed by atoms with Crippen LogP contribution in [0.1, 0.15) is 81.1 Å². The third-order valence-electron chi connectivity index (χ3n) is 5.72. The van der Waals surface area contributed by atoms with Gasteiger partial charge in [-0.25, -0.2) is 9.78 Å². The van der Waals surface area contributed by atoms with Gasteiger partial charge < -0.3 is 21.5 Å². The van der Waals surface area contributed by atoms with Crippen LogP contribution in [0.2, 0.25) is 0 Å². The van der Waals surface area contributed by atoms with Gasteiger partial charge in [0.05, 0.1) is 23.4 Å². The summed E-state index contributed by atoms with van der Waals surface area (Å²) in [6.45, 7) is 5.89. The number of rotatable bonds is 5. The summed E-state index contributed by atoms with van der Waals surface area (Å²) in [6.07, 6.45) is 3.72. The molecule has 0 radical (unpaired) electrons. The molecule has 0 aromatic carbocycles. The van der Waals surface area contributed by atoms with E-state index in [1.165, 1.54) is 11.3 Å². The molecule has 8 nitrogen and oxygen atoms in total. The van der Waals surface area contributed by atoms with Crippen molar-refractivity contribution in [2.75, 3.05) is 23.4 Å². The summed E-state index contributed by atoms with van der Waals surface area (Å²) >= 11 is 2.55. The molecule has 1 aliphatic rings. The summed E-state index contributed by atoms with van der Waals surface area (Å²) in [5.74, 6) is -0.768. The maximum atomic E-state index is 13.3. The van der Waals surface area contributed by atoms with Crippen molar-refractivity contribution in [3.05, 3.63) is 32.0 Å². The van der Waals surface area contributed by atoms with E-state index in [1.54, 1.807) is 6.92 Å². The number of thiophene rings is 2. The van der Waals surface area contributed by atoms with E-state index in [1.807, 2.05) is 13.8 Å². The van der Waals surface area contributed by atoms with Crippen LogP contribution in [0.25, 0.3) is 10.2 Å². The zero-order chi connectivity index (χ0) is 23.9. The second-order valence-electron chi connectivity index (χ2n) is 8.17. The van der Waals surface area contributed by atoms with Crippen molar-refractivity contribution in [2.24, 2.45) is 0 Å². The Morgan fingerprint density at radius 2 is 1.97 bits per heavy atom. The predicted octanol–water partition coefficient (Wildman–Crippen LogP) is 4.83. The van der Waals surface area contributed by atoms with E-state index in [2.05, 4.69) is 16.4 Å². The molecule has 3 heterocycles. The SMILES string of the molecule is CCOC(=O)c1c(NC(=O)c2sc3nc(N)c(C#N)c(C(C)C)c3c2N)sc2c1CCCC2. The molecule has 1 aliphatic carbocycles. The lowest BCUT2D eigenvalue weighted by atomic mass is 9.95. The summed E-state index contributed by atoms with van der Waals surface area (Å²) in [4.78, 5) is 32.2. The Balaban J connectivity index is 1.79. The van der Waals surface area contributed by atoms with E-state index >= 15 is 0 Å². The highest BCUT2D eigenvalue weighted by molar-refractivity contribution is 7.21. The fourth-order valence-corrected chi connectivity index (χ4v) is 6.58. The summed E-state index contributed by atoms with van der Waals surface area (Å²) in [5.41, 5.74) is 15.1.